The molecule has 138 valence electrons. The van der Waals surface area contributed by atoms with E-state index in [0.29, 0.717) is 30.3 Å². The Morgan fingerprint density at radius 2 is 2.38 bits per heavy atom. The van der Waals surface area contributed by atoms with Crippen molar-refractivity contribution in [1.82, 2.24) is 10.3 Å². The van der Waals surface area contributed by atoms with E-state index in [4.69, 9.17) is 14.2 Å². The van der Waals surface area contributed by atoms with Crippen LogP contribution in [0.4, 0.5) is 0 Å². The summed E-state index contributed by atoms with van der Waals surface area (Å²) in [5.41, 5.74) is 1.28. The van der Waals surface area contributed by atoms with Crippen LogP contribution in [0.3, 0.4) is 0 Å². The number of rotatable bonds is 8. The number of benzene rings is 1. The lowest BCUT2D eigenvalue weighted by atomic mass is 10.2. The van der Waals surface area contributed by atoms with Gasteiger partial charge in [-0.3, -0.25) is 4.79 Å². The third kappa shape index (κ3) is 4.42. The van der Waals surface area contributed by atoms with Gasteiger partial charge in [0.05, 0.1) is 13.2 Å². The number of carbonyl (C=O) groups is 1. The third-order valence-electron chi connectivity index (χ3n) is 4.02. The minimum Gasteiger partial charge on any atom is -0.493 e. The van der Waals surface area contributed by atoms with E-state index in [1.54, 1.807) is 18.6 Å². The fourth-order valence-electron chi connectivity index (χ4n) is 2.68. The Morgan fingerprint density at radius 3 is 3.12 bits per heavy atom. The molecule has 3 rings (SSSR count). The fraction of sp³-hybridized carbons (Fsp3) is 0.368. The van der Waals surface area contributed by atoms with Gasteiger partial charge in [0, 0.05) is 24.1 Å². The summed E-state index contributed by atoms with van der Waals surface area (Å²) >= 11 is 1.42. The van der Waals surface area contributed by atoms with Crippen molar-refractivity contribution in [1.29, 1.82) is 0 Å². The molecule has 1 atom stereocenters. The van der Waals surface area contributed by atoms with Crippen LogP contribution in [0, 0.1) is 0 Å². The van der Waals surface area contributed by atoms with Gasteiger partial charge in [-0.05, 0) is 31.0 Å². The lowest BCUT2D eigenvalue weighted by molar-refractivity contribution is 0.0854. The Balaban J connectivity index is 1.68. The second kappa shape index (κ2) is 8.82. The van der Waals surface area contributed by atoms with Crippen LogP contribution in [0.2, 0.25) is 0 Å². The van der Waals surface area contributed by atoms with Crippen molar-refractivity contribution in [3.8, 4) is 22.1 Å². The smallest absolute Gasteiger partial charge is 0.270 e. The monoisotopic (exact) mass is 374 g/mol. The molecule has 1 aliphatic rings. The van der Waals surface area contributed by atoms with Gasteiger partial charge in [-0.1, -0.05) is 12.7 Å². The molecule has 0 saturated carbocycles. The van der Waals surface area contributed by atoms with E-state index in [1.165, 1.54) is 11.3 Å². The number of aromatic nitrogens is 1. The van der Waals surface area contributed by atoms with E-state index in [0.717, 1.165) is 30.0 Å². The van der Waals surface area contributed by atoms with Crippen LogP contribution in [0.25, 0.3) is 10.6 Å². The average Bonchev–Trinajstić information content (AvgIpc) is 3.36. The zero-order valence-electron chi connectivity index (χ0n) is 14.7. The first kappa shape index (κ1) is 18.4. The van der Waals surface area contributed by atoms with Crippen molar-refractivity contribution in [2.75, 3.05) is 26.9 Å². The molecule has 1 aliphatic heterocycles. The first-order valence-corrected chi connectivity index (χ1v) is 9.36. The van der Waals surface area contributed by atoms with Gasteiger partial charge >= 0.3 is 0 Å². The summed E-state index contributed by atoms with van der Waals surface area (Å²) in [5.74, 6) is 1.08. The fourth-order valence-corrected chi connectivity index (χ4v) is 3.48. The minimum absolute atomic E-state index is 0.115. The van der Waals surface area contributed by atoms with E-state index in [1.807, 2.05) is 18.2 Å². The van der Waals surface area contributed by atoms with Gasteiger partial charge in [0.1, 0.15) is 17.3 Å². The summed E-state index contributed by atoms with van der Waals surface area (Å²) in [7, 11) is 1.59. The lowest BCUT2D eigenvalue weighted by Crippen LogP contribution is -2.31. The highest BCUT2D eigenvalue weighted by molar-refractivity contribution is 7.13. The van der Waals surface area contributed by atoms with Gasteiger partial charge in [0.15, 0.2) is 11.5 Å². The standard InChI is InChI=1S/C19H22N2O4S/c1-3-8-25-16-7-6-13(10-17(16)23-2)19-21-15(12-26-19)18(22)20-11-14-5-4-9-24-14/h3,6-7,10,12,14H,1,4-5,8-9,11H2,2H3,(H,20,22). The number of ether oxygens (including phenoxy) is 3. The molecule has 7 heteroatoms. The summed E-state index contributed by atoms with van der Waals surface area (Å²) < 4.78 is 16.4. The molecule has 2 aromatic rings. The van der Waals surface area contributed by atoms with Crippen LogP contribution in [0.5, 0.6) is 11.5 Å². The molecular weight excluding hydrogens is 352 g/mol. The van der Waals surface area contributed by atoms with Crippen LogP contribution < -0.4 is 14.8 Å². The van der Waals surface area contributed by atoms with E-state index < -0.39 is 0 Å². The summed E-state index contributed by atoms with van der Waals surface area (Å²) in [6.07, 6.45) is 3.83. The summed E-state index contributed by atoms with van der Waals surface area (Å²) in [6.45, 7) is 5.34. The zero-order valence-corrected chi connectivity index (χ0v) is 15.5. The number of amides is 1. The number of nitrogens with zero attached hydrogens (tertiary/aromatic N) is 1. The largest absolute Gasteiger partial charge is 0.493 e. The molecule has 1 aromatic heterocycles. The highest BCUT2D eigenvalue weighted by atomic mass is 32.1. The normalized spacial score (nSPS) is 16.3. The van der Waals surface area contributed by atoms with Gasteiger partial charge in [-0.2, -0.15) is 0 Å². The Hall–Kier alpha value is -2.38. The first-order valence-electron chi connectivity index (χ1n) is 8.48. The second-order valence-corrected chi connectivity index (χ2v) is 6.71. The van der Waals surface area contributed by atoms with Gasteiger partial charge in [-0.25, -0.2) is 4.98 Å². The minimum atomic E-state index is -0.180. The number of hydrogen-bond acceptors (Lipinski definition) is 6. The van der Waals surface area contributed by atoms with Crippen LogP contribution in [-0.2, 0) is 4.74 Å². The highest BCUT2D eigenvalue weighted by Crippen LogP contribution is 2.33. The third-order valence-corrected chi connectivity index (χ3v) is 4.91. The summed E-state index contributed by atoms with van der Waals surface area (Å²) in [5, 5.41) is 5.40. The van der Waals surface area contributed by atoms with Crippen molar-refractivity contribution >= 4 is 17.2 Å². The Labute approximate surface area is 156 Å². The maximum absolute atomic E-state index is 12.3. The summed E-state index contributed by atoms with van der Waals surface area (Å²) in [6, 6.07) is 5.58. The molecule has 1 unspecified atom stereocenters. The number of carbonyl (C=O) groups excluding carboxylic acids is 1. The highest BCUT2D eigenvalue weighted by Gasteiger charge is 2.18. The molecule has 0 aliphatic carbocycles. The maximum Gasteiger partial charge on any atom is 0.270 e. The van der Waals surface area contributed by atoms with Gasteiger partial charge in [0.25, 0.3) is 5.91 Å². The summed E-state index contributed by atoms with van der Waals surface area (Å²) in [4.78, 5) is 16.7. The van der Waals surface area contributed by atoms with E-state index in [9.17, 15) is 4.79 Å². The number of hydrogen-bond donors (Lipinski definition) is 1. The zero-order chi connectivity index (χ0) is 18.4. The molecule has 1 amide bonds. The van der Waals surface area contributed by atoms with Crippen LogP contribution >= 0.6 is 11.3 Å². The molecule has 1 N–H and O–H groups in total. The molecule has 1 aromatic carbocycles. The quantitative estimate of drug-likeness (QED) is 0.718. The lowest BCUT2D eigenvalue weighted by Gasteiger charge is -2.10. The number of methoxy groups -OCH3 is 1. The van der Waals surface area contributed by atoms with Crippen molar-refractivity contribution in [3.05, 3.63) is 41.9 Å². The van der Waals surface area contributed by atoms with E-state index in [-0.39, 0.29) is 12.0 Å². The Morgan fingerprint density at radius 1 is 1.50 bits per heavy atom. The molecular formula is C19H22N2O4S. The second-order valence-electron chi connectivity index (χ2n) is 5.85. The number of thiazole rings is 1. The molecule has 1 saturated heterocycles. The average molecular weight is 374 g/mol. The molecule has 26 heavy (non-hydrogen) atoms. The van der Waals surface area contributed by atoms with E-state index in [2.05, 4.69) is 16.9 Å². The van der Waals surface area contributed by atoms with Crippen LogP contribution in [-0.4, -0.2) is 43.9 Å². The molecule has 0 bridgehead atoms. The number of nitrogens with one attached hydrogen (secondary N) is 1. The van der Waals surface area contributed by atoms with Crippen LogP contribution in [0.15, 0.2) is 36.2 Å². The van der Waals surface area contributed by atoms with Crippen LogP contribution in [0.1, 0.15) is 23.3 Å². The molecule has 0 spiro atoms. The Kier molecular flexibility index (Phi) is 6.25. The van der Waals surface area contributed by atoms with Crippen molar-refractivity contribution in [3.63, 3.8) is 0 Å². The first-order chi connectivity index (χ1) is 12.7. The van der Waals surface area contributed by atoms with Crippen molar-refractivity contribution in [2.45, 2.75) is 18.9 Å². The predicted molar refractivity (Wildman–Crippen MR) is 101 cm³/mol. The molecule has 0 radical (unpaired) electrons. The Bertz CT molecular complexity index is 769. The maximum atomic E-state index is 12.3. The van der Waals surface area contributed by atoms with Gasteiger partial charge in [0.2, 0.25) is 0 Å². The van der Waals surface area contributed by atoms with Gasteiger partial charge < -0.3 is 19.5 Å². The van der Waals surface area contributed by atoms with E-state index >= 15 is 0 Å². The van der Waals surface area contributed by atoms with Crippen molar-refractivity contribution in [2.24, 2.45) is 0 Å². The molecule has 1 fully saturated rings. The molecule has 6 nitrogen and oxygen atoms in total. The van der Waals surface area contributed by atoms with Gasteiger partial charge in [-0.15, -0.1) is 11.3 Å². The SMILES string of the molecule is C=CCOc1ccc(-c2nc(C(=O)NCC3CCCO3)cs2)cc1OC. The molecule has 2 heterocycles. The predicted octanol–water partition coefficient (Wildman–Crippen LogP) is 3.29. The van der Waals surface area contributed by atoms with Crippen molar-refractivity contribution < 1.29 is 19.0 Å². The topological polar surface area (TPSA) is 69.7 Å².